The zero-order chi connectivity index (χ0) is 11.5. The third-order valence-electron chi connectivity index (χ3n) is 2.05. The molecule has 0 amide bonds. The second kappa shape index (κ2) is 4.01. The van der Waals surface area contributed by atoms with Crippen LogP contribution in [0.3, 0.4) is 0 Å². The van der Waals surface area contributed by atoms with Crippen LogP contribution in [0.1, 0.15) is 5.69 Å². The van der Waals surface area contributed by atoms with Gasteiger partial charge < -0.3 is 10.2 Å². The van der Waals surface area contributed by atoms with E-state index in [1.807, 2.05) is 0 Å². The first-order chi connectivity index (χ1) is 7.66. The second-order valence-electron chi connectivity index (χ2n) is 3.22. The molecule has 0 radical (unpaired) electrons. The lowest BCUT2D eigenvalue weighted by atomic mass is 10.3. The van der Waals surface area contributed by atoms with Crippen molar-refractivity contribution < 1.29 is 15.0 Å². The molecule has 0 spiro atoms. The molecule has 0 saturated heterocycles. The van der Waals surface area contributed by atoms with Crippen LogP contribution in [-0.4, -0.2) is 31.2 Å². The molecule has 2 aromatic rings. The predicted molar refractivity (Wildman–Crippen MR) is 54.4 cm³/mol. The van der Waals surface area contributed by atoms with Crippen molar-refractivity contribution in [1.82, 2.24) is 15.0 Å². The van der Waals surface area contributed by atoms with Crippen molar-refractivity contribution in [2.75, 3.05) is 0 Å². The van der Waals surface area contributed by atoms with E-state index in [0.717, 1.165) is 0 Å². The van der Waals surface area contributed by atoms with Crippen LogP contribution >= 0.6 is 0 Å². The normalized spacial score (nSPS) is 10.2. The lowest BCUT2D eigenvalue weighted by Crippen LogP contribution is -2.07. The van der Waals surface area contributed by atoms with Crippen LogP contribution in [0.2, 0.25) is 0 Å². The van der Waals surface area contributed by atoms with E-state index in [-0.39, 0.29) is 12.2 Å². The minimum absolute atomic E-state index is 0.142. The first kappa shape index (κ1) is 10.2. The molecular weight excluding hydrogens is 210 g/mol. The molecule has 0 saturated carbocycles. The fraction of sp³-hybridized carbons (Fsp3) is 0.100. The highest BCUT2D eigenvalue weighted by Gasteiger charge is 2.09. The van der Waals surface area contributed by atoms with Crippen molar-refractivity contribution >= 4 is 5.97 Å². The van der Waals surface area contributed by atoms with Crippen LogP contribution in [0.5, 0.6) is 5.75 Å². The number of carboxylic acid groups (broad SMARTS) is 1. The van der Waals surface area contributed by atoms with Gasteiger partial charge in [0.25, 0.3) is 0 Å². The first-order valence-electron chi connectivity index (χ1n) is 4.57. The van der Waals surface area contributed by atoms with Crippen LogP contribution in [0.4, 0.5) is 0 Å². The summed E-state index contributed by atoms with van der Waals surface area (Å²) in [5.41, 5.74) is 1.14. The average Bonchev–Trinajstić information content (AvgIpc) is 2.66. The number of aliphatic carboxylic acids is 1. The number of phenols is 1. The standard InChI is InChI=1S/C10H9N3O3/c14-9-3-1-7(2-4-9)13-8(5-10(15)16)6-11-12-13/h1-4,6,14H,5H2,(H,15,16). The van der Waals surface area contributed by atoms with E-state index < -0.39 is 5.97 Å². The Labute approximate surface area is 90.8 Å². The Kier molecular flexibility index (Phi) is 2.55. The maximum atomic E-state index is 10.6. The van der Waals surface area contributed by atoms with Gasteiger partial charge >= 0.3 is 5.97 Å². The summed E-state index contributed by atoms with van der Waals surface area (Å²) < 4.78 is 1.42. The number of carboxylic acids is 1. The van der Waals surface area contributed by atoms with Gasteiger partial charge in [-0.1, -0.05) is 5.21 Å². The highest BCUT2D eigenvalue weighted by atomic mass is 16.4. The van der Waals surface area contributed by atoms with Crippen LogP contribution < -0.4 is 0 Å². The smallest absolute Gasteiger partial charge is 0.309 e. The molecule has 2 N–H and O–H groups in total. The van der Waals surface area contributed by atoms with Crippen LogP contribution in [0.25, 0.3) is 5.69 Å². The van der Waals surface area contributed by atoms with Crippen molar-refractivity contribution in [3.8, 4) is 11.4 Å². The summed E-state index contributed by atoms with van der Waals surface area (Å²) in [7, 11) is 0. The van der Waals surface area contributed by atoms with E-state index in [2.05, 4.69) is 10.3 Å². The van der Waals surface area contributed by atoms with Gasteiger partial charge in [0.15, 0.2) is 0 Å². The average molecular weight is 219 g/mol. The van der Waals surface area contributed by atoms with Gasteiger partial charge in [0.05, 0.1) is 24.0 Å². The highest BCUT2D eigenvalue weighted by Crippen LogP contribution is 2.14. The maximum absolute atomic E-state index is 10.6. The number of hydrogen-bond donors (Lipinski definition) is 2. The molecule has 0 aliphatic rings. The predicted octanol–water partition coefficient (Wildman–Crippen LogP) is 0.600. The van der Waals surface area contributed by atoms with E-state index in [1.54, 1.807) is 12.1 Å². The van der Waals surface area contributed by atoms with Gasteiger partial charge in [-0.25, -0.2) is 4.68 Å². The SMILES string of the molecule is O=C(O)Cc1cnnn1-c1ccc(O)cc1. The summed E-state index contributed by atoms with van der Waals surface area (Å²) in [5.74, 6) is -0.800. The summed E-state index contributed by atoms with van der Waals surface area (Å²) in [5, 5.41) is 25.3. The molecule has 16 heavy (non-hydrogen) atoms. The van der Waals surface area contributed by atoms with Gasteiger partial charge in [-0.2, -0.15) is 0 Å². The van der Waals surface area contributed by atoms with E-state index in [1.165, 1.54) is 23.0 Å². The van der Waals surface area contributed by atoms with Gasteiger partial charge in [-0.15, -0.1) is 5.10 Å². The number of benzene rings is 1. The maximum Gasteiger partial charge on any atom is 0.309 e. The van der Waals surface area contributed by atoms with Crippen molar-refractivity contribution in [2.24, 2.45) is 0 Å². The Morgan fingerprint density at radius 1 is 1.31 bits per heavy atom. The van der Waals surface area contributed by atoms with Gasteiger partial charge in [-0.3, -0.25) is 4.79 Å². The fourth-order valence-electron chi connectivity index (χ4n) is 1.34. The molecule has 0 atom stereocenters. The fourth-order valence-corrected chi connectivity index (χ4v) is 1.34. The topological polar surface area (TPSA) is 88.2 Å². The lowest BCUT2D eigenvalue weighted by molar-refractivity contribution is -0.136. The largest absolute Gasteiger partial charge is 0.508 e. The molecular formula is C10H9N3O3. The molecule has 0 unspecified atom stereocenters. The van der Waals surface area contributed by atoms with E-state index >= 15 is 0 Å². The number of hydrogen-bond acceptors (Lipinski definition) is 4. The Balaban J connectivity index is 2.36. The molecule has 1 aromatic heterocycles. The van der Waals surface area contributed by atoms with E-state index in [4.69, 9.17) is 10.2 Å². The molecule has 6 heteroatoms. The molecule has 82 valence electrons. The zero-order valence-electron chi connectivity index (χ0n) is 8.24. The molecule has 6 nitrogen and oxygen atoms in total. The van der Waals surface area contributed by atoms with E-state index in [0.29, 0.717) is 11.4 Å². The van der Waals surface area contributed by atoms with Crippen molar-refractivity contribution in [1.29, 1.82) is 0 Å². The Morgan fingerprint density at radius 2 is 2.00 bits per heavy atom. The number of nitrogens with zero attached hydrogens (tertiary/aromatic N) is 3. The summed E-state index contributed by atoms with van der Waals surface area (Å²) in [6.07, 6.45) is 1.26. The number of aromatic nitrogens is 3. The zero-order valence-corrected chi connectivity index (χ0v) is 8.24. The van der Waals surface area contributed by atoms with Crippen LogP contribution in [0.15, 0.2) is 30.5 Å². The summed E-state index contributed by atoms with van der Waals surface area (Å²) in [6.45, 7) is 0. The minimum atomic E-state index is -0.942. The summed E-state index contributed by atoms with van der Waals surface area (Å²) in [4.78, 5) is 10.6. The van der Waals surface area contributed by atoms with Gasteiger partial charge in [0.2, 0.25) is 0 Å². The number of carbonyl (C=O) groups is 1. The molecule has 2 rings (SSSR count). The quantitative estimate of drug-likeness (QED) is 0.789. The highest BCUT2D eigenvalue weighted by molar-refractivity contribution is 5.69. The van der Waals surface area contributed by atoms with Crippen LogP contribution in [-0.2, 0) is 11.2 Å². The molecule has 0 aliphatic carbocycles. The van der Waals surface area contributed by atoms with Crippen molar-refractivity contribution in [2.45, 2.75) is 6.42 Å². The minimum Gasteiger partial charge on any atom is -0.508 e. The van der Waals surface area contributed by atoms with Crippen LogP contribution in [0, 0.1) is 0 Å². The Bertz CT molecular complexity index is 504. The van der Waals surface area contributed by atoms with Gasteiger partial charge in [0, 0.05) is 0 Å². The van der Waals surface area contributed by atoms with Crippen molar-refractivity contribution in [3.63, 3.8) is 0 Å². The molecule has 1 aromatic carbocycles. The van der Waals surface area contributed by atoms with E-state index in [9.17, 15) is 4.79 Å². The molecule has 0 fully saturated rings. The Morgan fingerprint density at radius 3 is 2.62 bits per heavy atom. The third kappa shape index (κ3) is 2.00. The number of aromatic hydroxyl groups is 1. The third-order valence-corrected chi connectivity index (χ3v) is 2.05. The summed E-state index contributed by atoms with van der Waals surface area (Å²) in [6, 6.07) is 6.27. The number of phenolic OH excluding ortho intramolecular Hbond substituents is 1. The second-order valence-corrected chi connectivity index (χ2v) is 3.22. The lowest BCUT2D eigenvalue weighted by Gasteiger charge is -2.03. The monoisotopic (exact) mass is 219 g/mol. The summed E-state index contributed by atoms with van der Waals surface area (Å²) >= 11 is 0. The molecule has 0 bridgehead atoms. The Hall–Kier alpha value is -2.37. The van der Waals surface area contributed by atoms with Gasteiger partial charge in [0.1, 0.15) is 5.75 Å². The first-order valence-corrected chi connectivity index (χ1v) is 4.57. The van der Waals surface area contributed by atoms with Crippen molar-refractivity contribution in [3.05, 3.63) is 36.2 Å². The van der Waals surface area contributed by atoms with Gasteiger partial charge in [-0.05, 0) is 24.3 Å². The molecule has 1 heterocycles. The number of rotatable bonds is 3. The molecule has 0 aliphatic heterocycles.